The van der Waals surface area contributed by atoms with Gasteiger partial charge in [-0.2, -0.15) is 0 Å². The fraction of sp³-hybridized carbons (Fsp3) is 0.222. The molecule has 0 aliphatic carbocycles. The van der Waals surface area contributed by atoms with Crippen molar-refractivity contribution in [2.75, 3.05) is 13.2 Å². The molecule has 0 aromatic heterocycles. The number of hydrazine groups is 1. The van der Waals surface area contributed by atoms with E-state index in [1.807, 2.05) is 26.0 Å². The summed E-state index contributed by atoms with van der Waals surface area (Å²) in [4.78, 5) is 23.4. The molecule has 2 amide bonds. The highest BCUT2D eigenvalue weighted by molar-refractivity contribution is 6.35. The van der Waals surface area contributed by atoms with E-state index in [-0.39, 0.29) is 18.2 Å². The number of carbonyl (C=O) groups is 2. The van der Waals surface area contributed by atoms with Crippen LogP contribution in [0, 0.1) is 13.8 Å². The second kappa shape index (κ2) is 9.31. The van der Waals surface area contributed by atoms with Crippen molar-refractivity contribution < 1.29 is 19.1 Å². The molecular formula is C18H18Cl2N2O4. The predicted molar refractivity (Wildman–Crippen MR) is 99.7 cm³/mol. The molecule has 0 saturated heterocycles. The third-order valence-electron chi connectivity index (χ3n) is 3.28. The number of nitrogens with one attached hydrogen (secondary N) is 2. The van der Waals surface area contributed by atoms with Gasteiger partial charge in [0.25, 0.3) is 11.8 Å². The van der Waals surface area contributed by atoms with Crippen LogP contribution in [0.2, 0.25) is 10.0 Å². The van der Waals surface area contributed by atoms with E-state index in [1.165, 1.54) is 6.07 Å². The SMILES string of the molecule is Cc1ccc(OCC(=O)NNC(=O)COc2ccc(Cl)cc2Cl)c(C)c1. The normalized spacial score (nSPS) is 10.2. The van der Waals surface area contributed by atoms with Crippen LogP contribution in [-0.4, -0.2) is 25.0 Å². The molecule has 26 heavy (non-hydrogen) atoms. The maximum absolute atomic E-state index is 11.7. The Morgan fingerprint density at radius 3 is 2.04 bits per heavy atom. The van der Waals surface area contributed by atoms with Crippen LogP contribution in [0.1, 0.15) is 11.1 Å². The minimum absolute atomic E-state index is 0.228. The summed E-state index contributed by atoms with van der Waals surface area (Å²) >= 11 is 11.7. The van der Waals surface area contributed by atoms with Gasteiger partial charge < -0.3 is 9.47 Å². The van der Waals surface area contributed by atoms with Crippen LogP contribution in [0.5, 0.6) is 11.5 Å². The molecule has 2 rings (SSSR count). The Bertz CT molecular complexity index is 744. The van der Waals surface area contributed by atoms with Crippen LogP contribution < -0.4 is 20.3 Å². The maximum atomic E-state index is 11.7. The van der Waals surface area contributed by atoms with Gasteiger partial charge >= 0.3 is 0 Å². The summed E-state index contributed by atoms with van der Waals surface area (Å²) in [5.74, 6) is -0.118. The summed E-state index contributed by atoms with van der Waals surface area (Å²) in [5, 5.41) is 0.749. The predicted octanol–water partition coefficient (Wildman–Crippen LogP) is 3.22. The average molecular weight is 397 g/mol. The number of aryl methyl sites for hydroxylation is 2. The second-order valence-corrected chi connectivity index (χ2v) is 6.36. The third-order valence-corrected chi connectivity index (χ3v) is 3.81. The Morgan fingerprint density at radius 2 is 1.46 bits per heavy atom. The van der Waals surface area contributed by atoms with E-state index in [4.69, 9.17) is 32.7 Å². The first-order valence-electron chi connectivity index (χ1n) is 7.70. The number of halogens is 2. The van der Waals surface area contributed by atoms with Crippen molar-refractivity contribution in [1.29, 1.82) is 0 Å². The van der Waals surface area contributed by atoms with E-state index < -0.39 is 11.8 Å². The first kappa shape index (κ1) is 19.9. The highest BCUT2D eigenvalue weighted by atomic mass is 35.5. The van der Waals surface area contributed by atoms with E-state index in [0.29, 0.717) is 16.5 Å². The Morgan fingerprint density at radius 1 is 0.885 bits per heavy atom. The van der Waals surface area contributed by atoms with Crippen molar-refractivity contribution >= 4 is 35.0 Å². The molecule has 6 nitrogen and oxygen atoms in total. The van der Waals surface area contributed by atoms with Gasteiger partial charge in [-0.05, 0) is 43.7 Å². The molecule has 0 unspecified atom stereocenters. The zero-order valence-electron chi connectivity index (χ0n) is 14.3. The number of hydrogen-bond donors (Lipinski definition) is 2. The highest BCUT2D eigenvalue weighted by Crippen LogP contribution is 2.27. The Hall–Kier alpha value is -2.44. The van der Waals surface area contributed by atoms with Crippen molar-refractivity contribution in [1.82, 2.24) is 10.9 Å². The fourth-order valence-corrected chi connectivity index (χ4v) is 2.51. The molecule has 8 heteroatoms. The monoisotopic (exact) mass is 396 g/mol. The largest absolute Gasteiger partial charge is 0.483 e. The number of ether oxygens (including phenoxy) is 2. The van der Waals surface area contributed by atoms with Crippen LogP contribution >= 0.6 is 23.2 Å². The van der Waals surface area contributed by atoms with Gasteiger partial charge in [-0.3, -0.25) is 20.4 Å². The fourth-order valence-electron chi connectivity index (χ4n) is 2.05. The molecular weight excluding hydrogens is 379 g/mol. The summed E-state index contributed by atoms with van der Waals surface area (Å²) in [6.07, 6.45) is 0. The van der Waals surface area contributed by atoms with Crippen molar-refractivity contribution in [2.24, 2.45) is 0 Å². The lowest BCUT2D eigenvalue weighted by molar-refractivity contribution is -0.131. The molecule has 0 aliphatic heterocycles. The number of rotatable bonds is 6. The first-order chi connectivity index (χ1) is 12.3. The molecule has 0 bridgehead atoms. The molecule has 2 aromatic rings. The molecule has 2 N–H and O–H groups in total. The van der Waals surface area contributed by atoms with Gasteiger partial charge in [-0.25, -0.2) is 0 Å². The quantitative estimate of drug-likeness (QED) is 0.734. The van der Waals surface area contributed by atoms with Gasteiger partial charge in [0.2, 0.25) is 0 Å². The van der Waals surface area contributed by atoms with Gasteiger partial charge in [0.05, 0.1) is 5.02 Å². The Labute approximate surface area is 161 Å². The van der Waals surface area contributed by atoms with E-state index >= 15 is 0 Å². The maximum Gasteiger partial charge on any atom is 0.276 e. The summed E-state index contributed by atoms with van der Waals surface area (Å²) < 4.78 is 10.7. The molecule has 0 spiro atoms. The summed E-state index contributed by atoms with van der Waals surface area (Å²) in [6.45, 7) is 3.31. The smallest absolute Gasteiger partial charge is 0.276 e. The molecule has 0 saturated carbocycles. The second-order valence-electron chi connectivity index (χ2n) is 5.52. The van der Waals surface area contributed by atoms with Gasteiger partial charge in [0.1, 0.15) is 11.5 Å². The standard InChI is InChI=1S/C18H18Cl2N2O4/c1-11-3-5-15(12(2)7-11)25-9-17(23)21-22-18(24)10-26-16-6-4-13(19)8-14(16)20/h3-8H,9-10H2,1-2H3,(H,21,23)(H,22,24). The molecule has 138 valence electrons. The molecule has 2 aromatic carbocycles. The van der Waals surface area contributed by atoms with Crippen LogP contribution in [0.4, 0.5) is 0 Å². The Kier molecular flexibility index (Phi) is 7.12. The summed E-state index contributed by atoms with van der Waals surface area (Å²) in [7, 11) is 0. The number of benzene rings is 2. The van der Waals surface area contributed by atoms with Crippen LogP contribution in [0.25, 0.3) is 0 Å². The molecule has 0 aliphatic rings. The van der Waals surface area contributed by atoms with Crippen molar-refractivity contribution in [3.05, 3.63) is 57.6 Å². The zero-order valence-corrected chi connectivity index (χ0v) is 15.8. The molecule has 0 atom stereocenters. The molecule has 0 radical (unpaired) electrons. The summed E-state index contributed by atoms with van der Waals surface area (Å²) in [6, 6.07) is 10.3. The van der Waals surface area contributed by atoms with E-state index in [1.54, 1.807) is 18.2 Å². The number of carbonyl (C=O) groups excluding carboxylic acids is 2. The topological polar surface area (TPSA) is 76.7 Å². The first-order valence-corrected chi connectivity index (χ1v) is 8.46. The van der Waals surface area contributed by atoms with Gasteiger partial charge in [-0.15, -0.1) is 0 Å². The third kappa shape index (κ3) is 6.13. The lowest BCUT2D eigenvalue weighted by atomic mass is 10.1. The van der Waals surface area contributed by atoms with Crippen LogP contribution in [0.15, 0.2) is 36.4 Å². The highest BCUT2D eigenvalue weighted by Gasteiger charge is 2.09. The lowest BCUT2D eigenvalue weighted by Crippen LogP contribution is -2.45. The minimum atomic E-state index is -0.545. The Balaban J connectivity index is 1.72. The van der Waals surface area contributed by atoms with Gasteiger partial charge in [-0.1, -0.05) is 40.9 Å². The van der Waals surface area contributed by atoms with Crippen molar-refractivity contribution in [3.63, 3.8) is 0 Å². The average Bonchev–Trinajstić information content (AvgIpc) is 2.58. The molecule has 0 heterocycles. The van der Waals surface area contributed by atoms with Crippen molar-refractivity contribution in [2.45, 2.75) is 13.8 Å². The van der Waals surface area contributed by atoms with Crippen LogP contribution in [0.3, 0.4) is 0 Å². The molecule has 0 fully saturated rings. The van der Waals surface area contributed by atoms with E-state index in [9.17, 15) is 9.59 Å². The van der Waals surface area contributed by atoms with Crippen LogP contribution in [-0.2, 0) is 9.59 Å². The zero-order chi connectivity index (χ0) is 19.1. The van der Waals surface area contributed by atoms with E-state index in [0.717, 1.165) is 11.1 Å². The van der Waals surface area contributed by atoms with Gasteiger partial charge in [0.15, 0.2) is 13.2 Å². The van der Waals surface area contributed by atoms with Crippen molar-refractivity contribution in [3.8, 4) is 11.5 Å². The van der Waals surface area contributed by atoms with Gasteiger partial charge in [0, 0.05) is 5.02 Å². The lowest BCUT2D eigenvalue weighted by Gasteiger charge is -2.11. The number of hydrogen-bond acceptors (Lipinski definition) is 4. The summed E-state index contributed by atoms with van der Waals surface area (Å²) in [5.41, 5.74) is 6.51. The number of amides is 2. The van der Waals surface area contributed by atoms with E-state index in [2.05, 4.69) is 10.9 Å². The minimum Gasteiger partial charge on any atom is -0.483 e.